The van der Waals surface area contributed by atoms with Gasteiger partial charge in [-0.05, 0) is 50.8 Å². The molecule has 24 heavy (non-hydrogen) atoms. The Hall–Kier alpha value is -1.02. The van der Waals surface area contributed by atoms with E-state index >= 15 is 0 Å². The first-order chi connectivity index (χ1) is 11.0. The summed E-state index contributed by atoms with van der Waals surface area (Å²) in [6, 6.07) is 8.06. The minimum atomic E-state index is -0.616. The van der Waals surface area contributed by atoms with E-state index in [-0.39, 0.29) is 30.1 Å². The maximum Gasteiger partial charge on any atom is 0.191 e. The van der Waals surface area contributed by atoms with Crippen LogP contribution in [0.3, 0.4) is 0 Å². The molecule has 1 saturated carbocycles. The van der Waals surface area contributed by atoms with Gasteiger partial charge in [-0.3, -0.25) is 4.99 Å². The summed E-state index contributed by atoms with van der Waals surface area (Å²) in [4.78, 5) is 4.49. The molecular weight excluding hydrogens is 417 g/mol. The molecule has 3 atom stereocenters. The Kier molecular flexibility index (Phi) is 8.83. The van der Waals surface area contributed by atoms with Gasteiger partial charge in [0.25, 0.3) is 0 Å². The summed E-state index contributed by atoms with van der Waals surface area (Å²) < 4.78 is 5.61. The Balaban J connectivity index is 0.00000288. The van der Waals surface area contributed by atoms with Crippen LogP contribution in [0.2, 0.25) is 0 Å². The number of halogens is 1. The van der Waals surface area contributed by atoms with Crippen molar-refractivity contribution in [3.8, 4) is 5.75 Å². The molecule has 6 heteroatoms. The van der Waals surface area contributed by atoms with Crippen LogP contribution in [-0.4, -0.2) is 36.3 Å². The largest absolute Gasteiger partial charge is 0.491 e. The first-order valence-corrected chi connectivity index (χ1v) is 8.49. The lowest BCUT2D eigenvalue weighted by molar-refractivity contribution is 0.186. The van der Waals surface area contributed by atoms with E-state index in [4.69, 9.17) is 4.74 Å². The fraction of sp³-hybridized carbons (Fsp3) is 0.611. The number of aliphatic hydroxyl groups is 1. The molecule has 136 valence electrons. The Bertz CT molecular complexity index is 520. The van der Waals surface area contributed by atoms with E-state index in [1.807, 2.05) is 45.0 Å². The standard InChI is InChI=1S/C18H29N3O2.HI/c1-5-19-18(21-16-10-13(16)4)20-11-17(22)14-6-8-15(9-7-14)23-12(2)3;/h6-9,12-13,16-17,22H,5,10-11H2,1-4H3,(H2,19,20,21);1H. The van der Waals surface area contributed by atoms with Crippen molar-refractivity contribution in [3.63, 3.8) is 0 Å². The maximum absolute atomic E-state index is 10.3. The van der Waals surface area contributed by atoms with E-state index in [0.717, 1.165) is 23.8 Å². The van der Waals surface area contributed by atoms with E-state index in [9.17, 15) is 5.11 Å². The summed E-state index contributed by atoms with van der Waals surface area (Å²) in [5, 5.41) is 16.9. The summed E-state index contributed by atoms with van der Waals surface area (Å²) in [6.45, 7) is 9.39. The van der Waals surface area contributed by atoms with E-state index in [1.165, 1.54) is 6.42 Å². The van der Waals surface area contributed by atoms with Crippen LogP contribution in [0.25, 0.3) is 0 Å². The normalized spacial score (nSPS) is 21.0. The molecule has 0 aromatic heterocycles. The van der Waals surface area contributed by atoms with Crippen LogP contribution in [-0.2, 0) is 0 Å². The molecule has 1 fully saturated rings. The molecule has 0 heterocycles. The smallest absolute Gasteiger partial charge is 0.191 e. The lowest BCUT2D eigenvalue weighted by Crippen LogP contribution is -2.39. The van der Waals surface area contributed by atoms with Crippen molar-refractivity contribution in [3.05, 3.63) is 29.8 Å². The molecule has 0 bridgehead atoms. The highest BCUT2D eigenvalue weighted by Gasteiger charge is 2.33. The molecule has 1 aromatic rings. The van der Waals surface area contributed by atoms with Crippen molar-refractivity contribution in [2.45, 2.75) is 52.4 Å². The van der Waals surface area contributed by atoms with Gasteiger partial charge in [-0.2, -0.15) is 0 Å². The van der Waals surface area contributed by atoms with Gasteiger partial charge in [0.1, 0.15) is 5.75 Å². The molecular formula is C18H30IN3O2. The van der Waals surface area contributed by atoms with Crippen LogP contribution in [0, 0.1) is 5.92 Å². The quantitative estimate of drug-likeness (QED) is 0.342. The summed E-state index contributed by atoms with van der Waals surface area (Å²) in [5.41, 5.74) is 0.848. The highest BCUT2D eigenvalue weighted by Crippen LogP contribution is 2.28. The number of rotatable bonds is 7. The third-order valence-corrected chi connectivity index (χ3v) is 3.83. The first-order valence-electron chi connectivity index (χ1n) is 8.49. The summed E-state index contributed by atoms with van der Waals surface area (Å²) >= 11 is 0. The highest BCUT2D eigenvalue weighted by molar-refractivity contribution is 14.0. The molecule has 0 aliphatic heterocycles. The predicted octanol–water partition coefficient (Wildman–Crippen LogP) is 3.09. The minimum absolute atomic E-state index is 0. The van der Waals surface area contributed by atoms with E-state index in [2.05, 4.69) is 22.5 Å². The lowest BCUT2D eigenvalue weighted by atomic mass is 10.1. The van der Waals surface area contributed by atoms with Crippen LogP contribution >= 0.6 is 24.0 Å². The molecule has 0 spiro atoms. The van der Waals surface area contributed by atoms with E-state index in [1.54, 1.807) is 0 Å². The fourth-order valence-electron chi connectivity index (χ4n) is 2.34. The van der Waals surface area contributed by atoms with Gasteiger partial charge in [0.2, 0.25) is 0 Å². The molecule has 3 unspecified atom stereocenters. The summed E-state index contributed by atoms with van der Waals surface area (Å²) in [5.74, 6) is 2.30. The number of guanidine groups is 1. The molecule has 1 aliphatic carbocycles. The maximum atomic E-state index is 10.3. The van der Waals surface area contributed by atoms with Crippen LogP contribution < -0.4 is 15.4 Å². The van der Waals surface area contributed by atoms with Crippen LogP contribution in [0.5, 0.6) is 5.75 Å². The van der Waals surface area contributed by atoms with E-state index in [0.29, 0.717) is 18.5 Å². The Morgan fingerprint density at radius 1 is 1.33 bits per heavy atom. The Morgan fingerprint density at radius 2 is 1.96 bits per heavy atom. The second-order valence-electron chi connectivity index (χ2n) is 6.43. The van der Waals surface area contributed by atoms with Crippen molar-refractivity contribution in [2.75, 3.05) is 13.1 Å². The molecule has 0 saturated heterocycles. The average molecular weight is 447 g/mol. The number of ether oxygens (including phenoxy) is 1. The van der Waals surface area contributed by atoms with Crippen molar-refractivity contribution in [1.29, 1.82) is 0 Å². The molecule has 1 aliphatic rings. The molecule has 3 N–H and O–H groups in total. The summed E-state index contributed by atoms with van der Waals surface area (Å²) in [6.07, 6.45) is 0.716. The third kappa shape index (κ3) is 6.84. The van der Waals surface area contributed by atoms with Crippen LogP contribution in [0.4, 0.5) is 0 Å². The monoisotopic (exact) mass is 447 g/mol. The zero-order chi connectivity index (χ0) is 16.8. The van der Waals surface area contributed by atoms with Gasteiger partial charge in [0, 0.05) is 12.6 Å². The molecule has 0 amide bonds. The number of aliphatic imine (C=N–C) groups is 1. The van der Waals surface area contributed by atoms with Crippen molar-refractivity contribution in [1.82, 2.24) is 10.6 Å². The topological polar surface area (TPSA) is 65.9 Å². The summed E-state index contributed by atoms with van der Waals surface area (Å²) in [7, 11) is 0. The number of nitrogens with zero attached hydrogens (tertiary/aromatic N) is 1. The van der Waals surface area contributed by atoms with Crippen LogP contribution in [0.1, 0.15) is 45.8 Å². The Labute approximate surface area is 162 Å². The number of nitrogens with one attached hydrogen (secondary N) is 2. The average Bonchev–Trinajstić information content (AvgIpc) is 3.20. The Morgan fingerprint density at radius 3 is 2.46 bits per heavy atom. The van der Waals surface area contributed by atoms with Gasteiger partial charge >= 0.3 is 0 Å². The van der Waals surface area contributed by atoms with Gasteiger partial charge in [-0.1, -0.05) is 19.1 Å². The van der Waals surface area contributed by atoms with Gasteiger partial charge in [-0.15, -0.1) is 24.0 Å². The number of aliphatic hydroxyl groups excluding tert-OH is 1. The minimum Gasteiger partial charge on any atom is -0.491 e. The zero-order valence-corrected chi connectivity index (χ0v) is 17.3. The van der Waals surface area contributed by atoms with Crippen molar-refractivity contribution >= 4 is 29.9 Å². The number of hydrogen-bond donors (Lipinski definition) is 3. The van der Waals surface area contributed by atoms with Gasteiger partial charge in [0.15, 0.2) is 5.96 Å². The van der Waals surface area contributed by atoms with Gasteiger partial charge in [0.05, 0.1) is 18.8 Å². The lowest BCUT2D eigenvalue weighted by Gasteiger charge is -2.14. The van der Waals surface area contributed by atoms with Crippen molar-refractivity contribution in [2.24, 2.45) is 10.9 Å². The second kappa shape index (κ2) is 10.1. The molecule has 2 rings (SSSR count). The highest BCUT2D eigenvalue weighted by atomic mass is 127. The second-order valence-corrected chi connectivity index (χ2v) is 6.43. The number of hydrogen-bond acceptors (Lipinski definition) is 3. The first kappa shape index (κ1) is 21.0. The SMILES string of the molecule is CCNC(=NCC(O)c1ccc(OC(C)C)cc1)NC1CC1C.I. The fourth-order valence-corrected chi connectivity index (χ4v) is 2.34. The van der Waals surface area contributed by atoms with E-state index < -0.39 is 6.10 Å². The van der Waals surface area contributed by atoms with Gasteiger partial charge < -0.3 is 20.5 Å². The number of benzene rings is 1. The zero-order valence-electron chi connectivity index (χ0n) is 15.0. The van der Waals surface area contributed by atoms with Crippen molar-refractivity contribution < 1.29 is 9.84 Å². The van der Waals surface area contributed by atoms with Gasteiger partial charge in [-0.25, -0.2) is 0 Å². The third-order valence-electron chi connectivity index (χ3n) is 3.83. The molecule has 5 nitrogen and oxygen atoms in total. The van der Waals surface area contributed by atoms with Crippen LogP contribution in [0.15, 0.2) is 29.3 Å². The predicted molar refractivity (Wildman–Crippen MR) is 109 cm³/mol. The molecule has 0 radical (unpaired) electrons. The molecule has 1 aromatic carbocycles.